The molecule has 0 saturated carbocycles. The van der Waals surface area contributed by atoms with E-state index in [1.807, 2.05) is 18.2 Å². The number of carbonyl (C=O) groups is 1. The Morgan fingerprint density at radius 3 is 2.93 bits per heavy atom. The predicted octanol–water partition coefficient (Wildman–Crippen LogP) is 3.18. The Morgan fingerprint density at radius 2 is 2.10 bits per heavy atom. The van der Waals surface area contributed by atoms with Crippen molar-refractivity contribution in [2.45, 2.75) is 22.9 Å². The molecule has 0 unspecified atom stereocenters. The fourth-order valence-corrected chi connectivity index (χ4v) is 5.84. The number of anilines is 2. The molecule has 5 rings (SSSR count). The molecule has 4 aromatic heterocycles. The topological polar surface area (TPSA) is 101 Å². The summed E-state index contributed by atoms with van der Waals surface area (Å²) in [5, 5.41) is 26.2. The number of thioether (sulfide) groups is 1. The first-order valence-corrected chi connectivity index (χ1v) is 12.1. The molecule has 0 aromatic carbocycles. The number of nitrogens with one attached hydrogen (secondary N) is 1. The number of carbonyl (C=O) groups excluding carboxylic acids is 1. The number of hydrogen-bond donors (Lipinski definition) is 1. The van der Waals surface area contributed by atoms with Crippen LogP contribution in [0, 0.1) is 5.92 Å². The Bertz CT molecular complexity index is 1130. The molecule has 1 saturated heterocycles. The van der Waals surface area contributed by atoms with Gasteiger partial charge in [0.15, 0.2) is 9.99 Å². The minimum atomic E-state index is -0.0361. The lowest BCUT2D eigenvalue weighted by Gasteiger charge is -2.31. The first-order valence-electron chi connectivity index (χ1n) is 9.46. The molecule has 0 spiro atoms. The van der Waals surface area contributed by atoms with E-state index in [4.69, 9.17) is 0 Å². The maximum atomic E-state index is 12.7. The summed E-state index contributed by atoms with van der Waals surface area (Å²) in [7, 11) is 0. The van der Waals surface area contributed by atoms with Crippen LogP contribution in [0.25, 0.3) is 5.65 Å². The van der Waals surface area contributed by atoms with E-state index in [2.05, 4.69) is 47.2 Å². The smallest absolute Gasteiger partial charge is 0.229 e. The van der Waals surface area contributed by atoms with Crippen LogP contribution in [0.15, 0.2) is 40.3 Å². The van der Waals surface area contributed by atoms with Crippen molar-refractivity contribution in [3.05, 3.63) is 40.8 Å². The molecular formula is C18H18N8OS3. The molecule has 4 aromatic rings. The SMILES string of the molecule is O=C(Nc1nnc(SCc2cccs2)s1)C1CCN(c2ccc3nncn3n2)CC1. The molecule has 30 heavy (non-hydrogen) atoms. The minimum Gasteiger partial charge on any atom is -0.355 e. The van der Waals surface area contributed by atoms with Gasteiger partial charge in [-0.3, -0.25) is 4.79 Å². The zero-order valence-electron chi connectivity index (χ0n) is 15.8. The quantitative estimate of drug-likeness (QED) is 0.347. The Labute approximate surface area is 184 Å². The second-order valence-electron chi connectivity index (χ2n) is 6.82. The normalized spacial score (nSPS) is 15.0. The Morgan fingerprint density at radius 1 is 1.20 bits per heavy atom. The average Bonchev–Trinajstić information content (AvgIpc) is 3.53. The zero-order chi connectivity index (χ0) is 20.3. The highest BCUT2D eigenvalue weighted by atomic mass is 32.2. The number of fused-ring (bicyclic) bond motifs is 1. The minimum absolute atomic E-state index is 0.0165. The van der Waals surface area contributed by atoms with Gasteiger partial charge in [0.2, 0.25) is 11.0 Å². The van der Waals surface area contributed by atoms with Crippen LogP contribution < -0.4 is 10.2 Å². The van der Waals surface area contributed by atoms with Crippen LogP contribution in [-0.2, 0) is 10.5 Å². The van der Waals surface area contributed by atoms with E-state index in [9.17, 15) is 4.79 Å². The van der Waals surface area contributed by atoms with Crippen molar-refractivity contribution in [3.8, 4) is 0 Å². The summed E-state index contributed by atoms with van der Waals surface area (Å²) < 4.78 is 2.53. The molecule has 5 heterocycles. The maximum absolute atomic E-state index is 12.7. The predicted molar refractivity (Wildman–Crippen MR) is 118 cm³/mol. The highest BCUT2D eigenvalue weighted by molar-refractivity contribution is 8.00. The second-order valence-corrected chi connectivity index (χ2v) is 10.0. The number of nitrogens with zero attached hydrogens (tertiary/aromatic N) is 7. The van der Waals surface area contributed by atoms with Crippen LogP contribution in [0.2, 0.25) is 0 Å². The third kappa shape index (κ3) is 4.30. The Balaban J connectivity index is 1.13. The lowest BCUT2D eigenvalue weighted by atomic mass is 9.96. The van der Waals surface area contributed by atoms with E-state index in [0.717, 1.165) is 47.5 Å². The first-order chi connectivity index (χ1) is 14.7. The van der Waals surface area contributed by atoms with Crippen molar-refractivity contribution in [2.24, 2.45) is 5.92 Å². The molecule has 12 heteroatoms. The van der Waals surface area contributed by atoms with Gasteiger partial charge in [-0.25, -0.2) is 0 Å². The number of hydrogen-bond acceptors (Lipinski definition) is 10. The van der Waals surface area contributed by atoms with Gasteiger partial charge < -0.3 is 10.2 Å². The van der Waals surface area contributed by atoms with E-state index >= 15 is 0 Å². The van der Waals surface area contributed by atoms with E-state index in [-0.39, 0.29) is 11.8 Å². The average molecular weight is 459 g/mol. The highest BCUT2D eigenvalue weighted by Gasteiger charge is 2.26. The number of amides is 1. The van der Waals surface area contributed by atoms with Gasteiger partial charge >= 0.3 is 0 Å². The third-order valence-corrected chi connectivity index (χ3v) is 7.97. The van der Waals surface area contributed by atoms with Gasteiger partial charge in [-0.1, -0.05) is 29.2 Å². The summed E-state index contributed by atoms with van der Waals surface area (Å²) in [6.45, 7) is 1.55. The first kappa shape index (κ1) is 19.4. The summed E-state index contributed by atoms with van der Waals surface area (Å²) in [5.74, 6) is 1.72. The van der Waals surface area contributed by atoms with E-state index in [1.54, 1.807) is 33.9 Å². The molecule has 0 atom stereocenters. The van der Waals surface area contributed by atoms with Crippen LogP contribution in [0.4, 0.5) is 10.9 Å². The van der Waals surface area contributed by atoms with Crippen molar-refractivity contribution >= 4 is 56.9 Å². The highest BCUT2D eigenvalue weighted by Crippen LogP contribution is 2.30. The summed E-state index contributed by atoms with van der Waals surface area (Å²) >= 11 is 4.79. The second kappa shape index (κ2) is 8.66. The van der Waals surface area contributed by atoms with E-state index in [1.165, 1.54) is 16.2 Å². The van der Waals surface area contributed by atoms with Crippen molar-refractivity contribution in [2.75, 3.05) is 23.3 Å². The van der Waals surface area contributed by atoms with Crippen molar-refractivity contribution in [1.82, 2.24) is 30.0 Å². The van der Waals surface area contributed by atoms with Gasteiger partial charge in [0.1, 0.15) is 12.1 Å². The largest absolute Gasteiger partial charge is 0.355 e. The fourth-order valence-electron chi connectivity index (χ4n) is 3.31. The molecule has 1 N–H and O–H groups in total. The molecule has 1 amide bonds. The standard InChI is InChI=1S/C18H18N8OS3/c27-16(20-17-22-23-18(30-17)29-10-13-2-1-9-28-13)12-5-7-25(8-6-12)15-4-3-14-21-19-11-26(14)24-15/h1-4,9,11-12H,5-8,10H2,(H,20,22,27). The van der Waals surface area contributed by atoms with Gasteiger partial charge in [0.05, 0.1) is 0 Å². The number of rotatable bonds is 6. The van der Waals surface area contributed by atoms with Crippen LogP contribution in [0.3, 0.4) is 0 Å². The summed E-state index contributed by atoms with van der Waals surface area (Å²) in [6.07, 6.45) is 3.13. The Hall–Kier alpha value is -2.57. The van der Waals surface area contributed by atoms with Gasteiger partial charge in [-0.2, -0.15) is 4.52 Å². The monoisotopic (exact) mass is 458 g/mol. The number of thiophene rings is 1. The van der Waals surface area contributed by atoms with Crippen LogP contribution in [-0.4, -0.2) is 49.0 Å². The fraction of sp³-hybridized carbons (Fsp3) is 0.333. The number of aromatic nitrogens is 6. The van der Waals surface area contributed by atoms with Gasteiger partial charge in [-0.15, -0.1) is 36.8 Å². The van der Waals surface area contributed by atoms with Crippen LogP contribution >= 0.6 is 34.4 Å². The van der Waals surface area contributed by atoms with Crippen LogP contribution in [0.1, 0.15) is 17.7 Å². The maximum Gasteiger partial charge on any atom is 0.229 e. The van der Waals surface area contributed by atoms with Crippen molar-refractivity contribution in [3.63, 3.8) is 0 Å². The summed E-state index contributed by atoms with van der Waals surface area (Å²) in [4.78, 5) is 16.2. The van der Waals surface area contributed by atoms with E-state index in [0.29, 0.717) is 5.13 Å². The summed E-state index contributed by atoms with van der Waals surface area (Å²) in [6, 6.07) is 7.99. The lowest BCUT2D eigenvalue weighted by molar-refractivity contribution is -0.120. The van der Waals surface area contributed by atoms with Gasteiger partial charge in [0.25, 0.3) is 0 Å². The number of piperidine rings is 1. The van der Waals surface area contributed by atoms with Gasteiger partial charge in [0, 0.05) is 29.6 Å². The molecule has 1 fully saturated rings. The molecule has 0 bridgehead atoms. The van der Waals surface area contributed by atoms with Crippen molar-refractivity contribution in [1.29, 1.82) is 0 Å². The molecule has 9 nitrogen and oxygen atoms in total. The molecule has 1 aliphatic rings. The third-order valence-electron chi connectivity index (χ3n) is 4.89. The molecule has 0 aliphatic carbocycles. The van der Waals surface area contributed by atoms with Gasteiger partial charge in [-0.05, 0) is 36.4 Å². The molecule has 0 radical (unpaired) electrons. The summed E-state index contributed by atoms with van der Waals surface area (Å²) in [5.41, 5.74) is 0.720. The zero-order valence-corrected chi connectivity index (χ0v) is 18.3. The van der Waals surface area contributed by atoms with Crippen molar-refractivity contribution < 1.29 is 4.79 Å². The van der Waals surface area contributed by atoms with E-state index < -0.39 is 0 Å². The molecule has 1 aliphatic heterocycles. The van der Waals surface area contributed by atoms with Crippen LogP contribution in [0.5, 0.6) is 0 Å². The molecular weight excluding hydrogens is 440 g/mol. The lowest BCUT2D eigenvalue weighted by Crippen LogP contribution is -2.38. The molecule has 154 valence electrons. The Kier molecular flexibility index (Phi) is 5.60.